The van der Waals surface area contributed by atoms with E-state index < -0.39 is 0 Å². The zero-order valence-electron chi connectivity index (χ0n) is 9.40. The highest BCUT2D eigenvalue weighted by atomic mass is 35.5. The Balaban J connectivity index is 2.64. The van der Waals surface area contributed by atoms with Crippen molar-refractivity contribution in [3.05, 3.63) is 75.8 Å². The third kappa shape index (κ3) is 2.56. The second-order valence-electron chi connectivity index (χ2n) is 3.65. The molecule has 0 spiro atoms. The lowest BCUT2D eigenvalue weighted by Gasteiger charge is -2.10. The Bertz CT molecular complexity index is 591. The first kappa shape index (κ1) is 12.7. The molecule has 0 fully saturated rings. The van der Waals surface area contributed by atoms with Crippen LogP contribution in [0.25, 0.3) is 5.57 Å². The SMILES string of the molecule is N#CC=C(c1ccccc1Cl)c1ccccc1Cl. The van der Waals surface area contributed by atoms with Gasteiger partial charge in [-0.2, -0.15) is 5.26 Å². The highest BCUT2D eigenvalue weighted by molar-refractivity contribution is 6.34. The van der Waals surface area contributed by atoms with E-state index in [0.29, 0.717) is 10.0 Å². The Labute approximate surface area is 116 Å². The molecule has 1 nitrogen and oxygen atoms in total. The van der Waals surface area contributed by atoms with Gasteiger partial charge in [0.15, 0.2) is 0 Å². The van der Waals surface area contributed by atoms with Crippen LogP contribution in [0, 0.1) is 11.3 Å². The number of hydrogen-bond acceptors (Lipinski definition) is 1. The van der Waals surface area contributed by atoms with Crippen LogP contribution < -0.4 is 0 Å². The molecular formula is C15H9Cl2N. The van der Waals surface area contributed by atoms with Gasteiger partial charge in [-0.1, -0.05) is 59.6 Å². The van der Waals surface area contributed by atoms with Crippen molar-refractivity contribution in [2.75, 3.05) is 0 Å². The highest BCUT2D eigenvalue weighted by Gasteiger charge is 2.11. The molecule has 2 aromatic carbocycles. The quantitative estimate of drug-likeness (QED) is 0.711. The largest absolute Gasteiger partial charge is 0.193 e. The van der Waals surface area contributed by atoms with E-state index in [0.717, 1.165) is 16.7 Å². The van der Waals surface area contributed by atoms with Gasteiger partial charge in [0.25, 0.3) is 0 Å². The minimum atomic E-state index is 0.596. The summed E-state index contributed by atoms with van der Waals surface area (Å²) >= 11 is 12.3. The van der Waals surface area contributed by atoms with Gasteiger partial charge in [-0.25, -0.2) is 0 Å². The second kappa shape index (κ2) is 5.73. The van der Waals surface area contributed by atoms with Gasteiger partial charge in [0.2, 0.25) is 0 Å². The Kier molecular flexibility index (Phi) is 4.04. The van der Waals surface area contributed by atoms with E-state index >= 15 is 0 Å². The Morgan fingerprint density at radius 3 is 1.72 bits per heavy atom. The molecule has 0 atom stereocenters. The summed E-state index contributed by atoms with van der Waals surface area (Å²) in [6.07, 6.45) is 1.46. The molecule has 3 heteroatoms. The zero-order chi connectivity index (χ0) is 13.0. The van der Waals surface area contributed by atoms with Crippen molar-refractivity contribution in [3.8, 4) is 6.07 Å². The van der Waals surface area contributed by atoms with Crippen LogP contribution in [-0.2, 0) is 0 Å². The molecule has 0 saturated heterocycles. The predicted molar refractivity (Wildman–Crippen MR) is 75.6 cm³/mol. The van der Waals surface area contributed by atoms with Crippen molar-refractivity contribution in [3.63, 3.8) is 0 Å². The first-order chi connectivity index (χ1) is 8.74. The van der Waals surface area contributed by atoms with Crippen molar-refractivity contribution in [1.29, 1.82) is 5.26 Å². The summed E-state index contributed by atoms with van der Waals surface area (Å²) in [4.78, 5) is 0. The molecule has 0 saturated carbocycles. The second-order valence-corrected chi connectivity index (χ2v) is 4.46. The first-order valence-electron chi connectivity index (χ1n) is 5.33. The third-order valence-electron chi connectivity index (χ3n) is 2.54. The Hall–Kier alpha value is -1.75. The number of nitriles is 1. The number of rotatable bonds is 2. The summed E-state index contributed by atoms with van der Waals surface area (Å²) < 4.78 is 0. The molecule has 0 N–H and O–H groups in total. The molecule has 18 heavy (non-hydrogen) atoms. The lowest BCUT2D eigenvalue weighted by atomic mass is 9.97. The fourth-order valence-corrected chi connectivity index (χ4v) is 2.20. The number of benzene rings is 2. The Morgan fingerprint density at radius 1 is 0.889 bits per heavy atom. The fraction of sp³-hybridized carbons (Fsp3) is 0. The normalized spacial score (nSPS) is 9.61. The number of halogens is 2. The monoisotopic (exact) mass is 273 g/mol. The van der Waals surface area contributed by atoms with Crippen molar-refractivity contribution in [2.45, 2.75) is 0 Å². The average Bonchev–Trinajstić information content (AvgIpc) is 2.38. The minimum absolute atomic E-state index is 0.596. The van der Waals surface area contributed by atoms with Gasteiger partial charge in [0.05, 0.1) is 6.07 Å². The maximum absolute atomic E-state index is 8.93. The summed E-state index contributed by atoms with van der Waals surface area (Å²) in [7, 11) is 0. The van der Waals surface area contributed by atoms with Crippen LogP contribution in [0.2, 0.25) is 10.0 Å². The van der Waals surface area contributed by atoms with Crippen LogP contribution in [0.15, 0.2) is 54.6 Å². The lowest BCUT2D eigenvalue weighted by Crippen LogP contribution is -1.90. The van der Waals surface area contributed by atoms with Crippen LogP contribution in [-0.4, -0.2) is 0 Å². The highest BCUT2D eigenvalue weighted by Crippen LogP contribution is 2.32. The topological polar surface area (TPSA) is 23.8 Å². The van der Waals surface area contributed by atoms with Gasteiger partial charge in [0.1, 0.15) is 0 Å². The maximum atomic E-state index is 8.93. The Morgan fingerprint density at radius 2 is 1.33 bits per heavy atom. The number of hydrogen-bond donors (Lipinski definition) is 0. The molecule has 88 valence electrons. The molecule has 0 aliphatic rings. The summed E-state index contributed by atoms with van der Waals surface area (Å²) in [5.74, 6) is 0. The van der Waals surface area contributed by atoms with Crippen molar-refractivity contribution in [1.82, 2.24) is 0 Å². The molecule has 0 aromatic heterocycles. The summed E-state index contributed by atoms with van der Waals surface area (Å²) in [5.41, 5.74) is 2.33. The molecular weight excluding hydrogens is 265 g/mol. The number of nitrogens with zero attached hydrogens (tertiary/aromatic N) is 1. The molecule has 0 unspecified atom stereocenters. The van der Waals surface area contributed by atoms with E-state index in [-0.39, 0.29) is 0 Å². The fourth-order valence-electron chi connectivity index (χ4n) is 1.72. The molecule has 0 bridgehead atoms. The standard InChI is InChI=1S/C15H9Cl2N/c16-14-7-3-1-5-12(14)11(9-10-18)13-6-2-4-8-15(13)17/h1-9H. The molecule has 0 amide bonds. The van der Waals surface area contributed by atoms with E-state index in [1.807, 2.05) is 42.5 Å². The van der Waals surface area contributed by atoms with Crippen molar-refractivity contribution < 1.29 is 0 Å². The van der Waals surface area contributed by atoms with Gasteiger partial charge in [0, 0.05) is 32.8 Å². The van der Waals surface area contributed by atoms with E-state index in [1.54, 1.807) is 12.1 Å². The molecule has 0 heterocycles. The maximum Gasteiger partial charge on any atom is 0.0918 e. The first-order valence-corrected chi connectivity index (χ1v) is 6.09. The van der Waals surface area contributed by atoms with Crippen LogP contribution >= 0.6 is 23.2 Å². The van der Waals surface area contributed by atoms with Gasteiger partial charge >= 0.3 is 0 Å². The third-order valence-corrected chi connectivity index (χ3v) is 3.20. The van der Waals surface area contributed by atoms with Gasteiger partial charge in [-0.05, 0) is 12.1 Å². The van der Waals surface area contributed by atoms with Crippen LogP contribution in [0.3, 0.4) is 0 Å². The smallest absolute Gasteiger partial charge is 0.0918 e. The van der Waals surface area contributed by atoms with E-state index in [1.165, 1.54) is 6.08 Å². The molecule has 2 aromatic rings. The predicted octanol–water partition coefficient (Wildman–Crippen LogP) is 4.95. The van der Waals surface area contributed by atoms with Crippen molar-refractivity contribution in [2.24, 2.45) is 0 Å². The van der Waals surface area contributed by atoms with Crippen LogP contribution in [0.5, 0.6) is 0 Å². The van der Waals surface area contributed by atoms with Gasteiger partial charge < -0.3 is 0 Å². The minimum Gasteiger partial charge on any atom is -0.193 e. The van der Waals surface area contributed by atoms with Crippen LogP contribution in [0.1, 0.15) is 11.1 Å². The molecule has 0 aliphatic heterocycles. The van der Waals surface area contributed by atoms with Crippen molar-refractivity contribution >= 4 is 28.8 Å². The molecule has 2 rings (SSSR count). The van der Waals surface area contributed by atoms with E-state index in [4.69, 9.17) is 28.5 Å². The zero-order valence-corrected chi connectivity index (χ0v) is 10.9. The van der Waals surface area contributed by atoms with Crippen LogP contribution in [0.4, 0.5) is 0 Å². The number of allylic oxidation sites excluding steroid dienone is 1. The van der Waals surface area contributed by atoms with E-state index in [2.05, 4.69) is 0 Å². The lowest BCUT2D eigenvalue weighted by molar-refractivity contribution is 1.51. The van der Waals surface area contributed by atoms with Gasteiger partial charge in [-0.15, -0.1) is 0 Å². The van der Waals surface area contributed by atoms with E-state index in [9.17, 15) is 0 Å². The average molecular weight is 274 g/mol. The molecule has 0 radical (unpaired) electrons. The molecule has 0 aliphatic carbocycles. The summed E-state index contributed by atoms with van der Waals surface area (Å²) in [5, 5.41) is 10.1. The van der Waals surface area contributed by atoms with Gasteiger partial charge in [-0.3, -0.25) is 0 Å². The summed E-state index contributed by atoms with van der Waals surface area (Å²) in [6, 6.07) is 16.8. The summed E-state index contributed by atoms with van der Waals surface area (Å²) in [6.45, 7) is 0.